The van der Waals surface area contributed by atoms with E-state index in [0.29, 0.717) is 23.3 Å². The molecular formula is C19H27N3O3. The van der Waals surface area contributed by atoms with E-state index in [9.17, 15) is 9.59 Å². The first-order valence-electron chi connectivity index (χ1n) is 8.65. The summed E-state index contributed by atoms with van der Waals surface area (Å²) in [7, 11) is 0. The zero-order valence-electron chi connectivity index (χ0n) is 15.6. The number of carbonyl (C=O) groups excluding carboxylic acids is 1. The van der Waals surface area contributed by atoms with Crippen LogP contribution in [-0.4, -0.2) is 27.7 Å². The Balaban J connectivity index is 2.47. The summed E-state index contributed by atoms with van der Waals surface area (Å²) in [5, 5.41) is 4.00. The van der Waals surface area contributed by atoms with E-state index in [0.717, 1.165) is 0 Å². The molecule has 1 N–H and O–H groups in total. The van der Waals surface area contributed by atoms with E-state index in [1.807, 2.05) is 25.1 Å². The molecule has 2 rings (SSSR count). The number of ether oxygens (including phenoxy) is 1. The molecular weight excluding hydrogens is 318 g/mol. The summed E-state index contributed by atoms with van der Waals surface area (Å²) in [5.41, 5.74) is 0.402. The van der Waals surface area contributed by atoms with Crippen molar-refractivity contribution in [3.8, 4) is 0 Å². The molecule has 0 aliphatic heterocycles. The number of hydrogen-bond acceptors (Lipinski definition) is 5. The second-order valence-corrected chi connectivity index (χ2v) is 7.11. The summed E-state index contributed by atoms with van der Waals surface area (Å²) in [5.74, 6) is 0.313. The standard InChI is InChI=1S/C19H27N3O3/c1-6-25-16(23)11-12-22-17(13(2)21-19(3,4)5)20-15-10-8-7-9-14(15)18(22)24/h7-10,13,21H,6,11-12H2,1-5H3. The van der Waals surface area contributed by atoms with Crippen molar-refractivity contribution in [3.05, 3.63) is 40.4 Å². The Hall–Kier alpha value is -2.21. The molecule has 0 aliphatic rings. The van der Waals surface area contributed by atoms with Gasteiger partial charge in [-0.3, -0.25) is 14.2 Å². The van der Waals surface area contributed by atoms with Gasteiger partial charge in [0.1, 0.15) is 5.82 Å². The predicted octanol–water partition coefficient (Wildman–Crippen LogP) is 2.80. The van der Waals surface area contributed by atoms with Gasteiger partial charge in [-0.15, -0.1) is 0 Å². The molecule has 0 radical (unpaired) electrons. The van der Waals surface area contributed by atoms with Crippen molar-refractivity contribution in [1.29, 1.82) is 0 Å². The Labute approximate surface area is 148 Å². The van der Waals surface area contributed by atoms with Crippen molar-refractivity contribution >= 4 is 16.9 Å². The average Bonchev–Trinajstić information content (AvgIpc) is 2.52. The van der Waals surface area contributed by atoms with Gasteiger partial charge in [0.2, 0.25) is 0 Å². The molecule has 0 saturated carbocycles. The van der Waals surface area contributed by atoms with E-state index in [1.54, 1.807) is 17.6 Å². The number of para-hydroxylation sites is 1. The van der Waals surface area contributed by atoms with Crippen molar-refractivity contribution in [2.75, 3.05) is 6.61 Å². The van der Waals surface area contributed by atoms with Gasteiger partial charge in [-0.2, -0.15) is 0 Å². The number of fused-ring (bicyclic) bond motifs is 1. The minimum absolute atomic E-state index is 0.130. The second-order valence-electron chi connectivity index (χ2n) is 7.11. The summed E-state index contributed by atoms with van der Waals surface area (Å²) in [6.45, 7) is 10.5. The molecule has 0 spiro atoms. The summed E-state index contributed by atoms with van der Waals surface area (Å²) < 4.78 is 6.57. The van der Waals surface area contributed by atoms with Gasteiger partial charge in [-0.05, 0) is 46.8 Å². The molecule has 1 atom stereocenters. The van der Waals surface area contributed by atoms with E-state index in [-0.39, 0.29) is 36.1 Å². The van der Waals surface area contributed by atoms with Crippen LogP contribution in [0.5, 0.6) is 0 Å². The molecule has 1 unspecified atom stereocenters. The molecule has 0 amide bonds. The molecule has 1 heterocycles. The smallest absolute Gasteiger partial charge is 0.307 e. The Kier molecular flexibility index (Phi) is 5.95. The Morgan fingerprint density at radius 1 is 1.32 bits per heavy atom. The van der Waals surface area contributed by atoms with Gasteiger partial charge in [0.15, 0.2) is 0 Å². The maximum absolute atomic E-state index is 12.9. The van der Waals surface area contributed by atoms with Crippen LogP contribution in [0.4, 0.5) is 0 Å². The van der Waals surface area contributed by atoms with Crippen LogP contribution in [0.1, 0.15) is 52.9 Å². The number of nitrogens with one attached hydrogen (secondary N) is 1. The molecule has 1 aromatic heterocycles. The lowest BCUT2D eigenvalue weighted by Gasteiger charge is -2.27. The summed E-state index contributed by atoms with van der Waals surface area (Å²) in [6, 6.07) is 7.14. The molecule has 25 heavy (non-hydrogen) atoms. The first-order valence-corrected chi connectivity index (χ1v) is 8.65. The molecule has 0 saturated heterocycles. The van der Waals surface area contributed by atoms with E-state index in [2.05, 4.69) is 26.1 Å². The van der Waals surface area contributed by atoms with E-state index in [4.69, 9.17) is 9.72 Å². The van der Waals surface area contributed by atoms with E-state index >= 15 is 0 Å². The number of carbonyl (C=O) groups is 1. The molecule has 136 valence electrons. The van der Waals surface area contributed by atoms with Crippen LogP contribution in [0.25, 0.3) is 10.9 Å². The lowest BCUT2D eigenvalue weighted by Crippen LogP contribution is -2.40. The van der Waals surface area contributed by atoms with Crippen molar-refractivity contribution in [2.24, 2.45) is 0 Å². The molecule has 6 heteroatoms. The monoisotopic (exact) mass is 345 g/mol. The Morgan fingerprint density at radius 2 is 2.00 bits per heavy atom. The molecule has 0 aliphatic carbocycles. The number of benzene rings is 1. The Bertz CT molecular complexity index is 806. The van der Waals surface area contributed by atoms with E-state index in [1.165, 1.54) is 0 Å². The fourth-order valence-corrected chi connectivity index (χ4v) is 2.88. The lowest BCUT2D eigenvalue weighted by molar-refractivity contribution is -0.143. The third-order valence-electron chi connectivity index (χ3n) is 3.77. The summed E-state index contributed by atoms with van der Waals surface area (Å²) in [6.07, 6.45) is 0.142. The van der Waals surface area contributed by atoms with Gasteiger partial charge in [-0.1, -0.05) is 12.1 Å². The third kappa shape index (κ3) is 4.89. The second kappa shape index (κ2) is 7.78. The van der Waals surface area contributed by atoms with Crippen molar-refractivity contribution in [3.63, 3.8) is 0 Å². The van der Waals surface area contributed by atoms with E-state index < -0.39 is 0 Å². The average molecular weight is 345 g/mol. The van der Waals surface area contributed by atoms with Crippen LogP contribution >= 0.6 is 0 Å². The quantitative estimate of drug-likeness (QED) is 0.815. The lowest BCUT2D eigenvalue weighted by atomic mass is 10.1. The van der Waals surface area contributed by atoms with Gasteiger partial charge >= 0.3 is 5.97 Å². The minimum Gasteiger partial charge on any atom is -0.466 e. The van der Waals surface area contributed by atoms with Crippen LogP contribution in [0.15, 0.2) is 29.1 Å². The highest BCUT2D eigenvalue weighted by molar-refractivity contribution is 5.77. The fourth-order valence-electron chi connectivity index (χ4n) is 2.88. The predicted molar refractivity (Wildman–Crippen MR) is 98.6 cm³/mol. The molecule has 2 aromatic rings. The molecule has 1 aromatic carbocycles. The summed E-state index contributed by atoms with van der Waals surface area (Å²) >= 11 is 0. The fraction of sp³-hybridized carbons (Fsp3) is 0.526. The topological polar surface area (TPSA) is 73.2 Å². The number of aromatic nitrogens is 2. The first-order chi connectivity index (χ1) is 11.7. The van der Waals surface area contributed by atoms with Gasteiger partial charge in [0, 0.05) is 12.1 Å². The number of rotatable bonds is 6. The first kappa shape index (κ1) is 19.1. The maximum Gasteiger partial charge on any atom is 0.307 e. The minimum atomic E-state index is -0.315. The van der Waals surface area contributed by atoms with Crippen molar-refractivity contribution in [1.82, 2.24) is 14.9 Å². The maximum atomic E-state index is 12.9. The molecule has 6 nitrogen and oxygen atoms in total. The van der Waals surface area contributed by atoms with Gasteiger partial charge in [-0.25, -0.2) is 4.98 Å². The highest BCUT2D eigenvalue weighted by Crippen LogP contribution is 2.17. The number of esters is 1. The number of nitrogens with zero attached hydrogens (tertiary/aromatic N) is 2. The number of hydrogen-bond donors (Lipinski definition) is 1. The normalized spacial score (nSPS) is 13.0. The summed E-state index contributed by atoms with van der Waals surface area (Å²) in [4.78, 5) is 29.4. The van der Waals surface area contributed by atoms with Crippen molar-refractivity contribution < 1.29 is 9.53 Å². The van der Waals surface area contributed by atoms with Crippen LogP contribution in [0.3, 0.4) is 0 Å². The van der Waals surface area contributed by atoms with Crippen LogP contribution in [-0.2, 0) is 16.1 Å². The molecule has 0 fully saturated rings. The van der Waals surface area contributed by atoms with Gasteiger partial charge in [0.05, 0.1) is 30.0 Å². The largest absolute Gasteiger partial charge is 0.466 e. The highest BCUT2D eigenvalue weighted by Gasteiger charge is 2.21. The van der Waals surface area contributed by atoms with Crippen LogP contribution in [0.2, 0.25) is 0 Å². The van der Waals surface area contributed by atoms with Crippen LogP contribution in [0, 0.1) is 0 Å². The molecule has 0 bridgehead atoms. The van der Waals surface area contributed by atoms with Gasteiger partial charge < -0.3 is 10.1 Å². The zero-order chi connectivity index (χ0) is 18.6. The van der Waals surface area contributed by atoms with Gasteiger partial charge in [0.25, 0.3) is 5.56 Å². The van der Waals surface area contributed by atoms with Crippen LogP contribution < -0.4 is 10.9 Å². The zero-order valence-corrected chi connectivity index (χ0v) is 15.6. The Morgan fingerprint density at radius 3 is 2.64 bits per heavy atom. The van der Waals surface area contributed by atoms with Crippen molar-refractivity contribution in [2.45, 2.75) is 59.2 Å². The third-order valence-corrected chi connectivity index (χ3v) is 3.77. The highest BCUT2D eigenvalue weighted by atomic mass is 16.5. The SMILES string of the molecule is CCOC(=O)CCn1c(C(C)NC(C)(C)C)nc2ccccc2c1=O.